The SMILES string of the molecule is CS(=O)(=O)N1CCC(NC(=O)CC2Sc3ccccc3NC2=O)CC1. The normalized spacial score (nSPS) is 22.1. The first kappa shape index (κ1) is 18.2. The highest BCUT2D eigenvalue weighted by atomic mass is 32.2. The van der Waals surface area contributed by atoms with Crippen molar-refractivity contribution >= 4 is 39.3 Å². The quantitative estimate of drug-likeness (QED) is 0.810. The minimum Gasteiger partial charge on any atom is -0.353 e. The summed E-state index contributed by atoms with van der Waals surface area (Å²) in [5.74, 6) is -0.337. The van der Waals surface area contributed by atoms with Gasteiger partial charge in [0.1, 0.15) is 0 Å². The van der Waals surface area contributed by atoms with E-state index in [1.54, 1.807) is 0 Å². The van der Waals surface area contributed by atoms with Crippen LogP contribution in [0.5, 0.6) is 0 Å². The van der Waals surface area contributed by atoms with Crippen LogP contribution in [0.1, 0.15) is 19.3 Å². The molecule has 0 saturated carbocycles. The number of benzene rings is 1. The van der Waals surface area contributed by atoms with E-state index in [-0.39, 0.29) is 24.3 Å². The van der Waals surface area contributed by atoms with E-state index in [0.717, 1.165) is 10.6 Å². The van der Waals surface area contributed by atoms with Crippen LogP contribution in [0.3, 0.4) is 0 Å². The lowest BCUT2D eigenvalue weighted by atomic mass is 10.1. The average Bonchev–Trinajstić information content (AvgIpc) is 2.55. The van der Waals surface area contributed by atoms with Crippen molar-refractivity contribution in [2.75, 3.05) is 24.7 Å². The zero-order valence-electron chi connectivity index (χ0n) is 13.9. The highest BCUT2D eigenvalue weighted by Crippen LogP contribution is 2.36. The van der Waals surface area contributed by atoms with Crippen LogP contribution in [0.25, 0.3) is 0 Å². The van der Waals surface area contributed by atoms with Gasteiger partial charge >= 0.3 is 0 Å². The maximum absolute atomic E-state index is 12.3. The highest BCUT2D eigenvalue weighted by molar-refractivity contribution is 8.01. The average molecular weight is 383 g/mol. The molecule has 25 heavy (non-hydrogen) atoms. The number of hydrogen-bond acceptors (Lipinski definition) is 5. The molecule has 9 heteroatoms. The van der Waals surface area contributed by atoms with Gasteiger partial charge in [0.2, 0.25) is 21.8 Å². The first-order valence-corrected chi connectivity index (χ1v) is 10.9. The van der Waals surface area contributed by atoms with Crippen LogP contribution >= 0.6 is 11.8 Å². The van der Waals surface area contributed by atoms with Gasteiger partial charge < -0.3 is 10.6 Å². The van der Waals surface area contributed by atoms with E-state index >= 15 is 0 Å². The minimum absolute atomic E-state index is 0.0468. The van der Waals surface area contributed by atoms with Gasteiger partial charge in [-0.3, -0.25) is 9.59 Å². The number of carbonyl (C=O) groups excluding carboxylic acids is 2. The molecule has 1 atom stereocenters. The minimum atomic E-state index is -3.17. The van der Waals surface area contributed by atoms with Gasteiger partial charge in [0.15, 0.2) is 0 Å². The summed E-state index contributed by atoms with van der Waals surface area (Å²) in [6.45, 7) is 0.825. The second kappa shape index (κ2) is 7.35. The molecule has 3 rings (SSSR count). The number of nitrogens with zero attached hydrogens (tertiary/aromatic N) is 1. The van der Waals surface area contributed by atoms with E-state index in [0.29, 0.717) is 25.9 Å². The van der Waals surface area contributed by atoms with Gasteiger partial charge in [0.05, 0.1) is 17.2 Å². The third-order valence-corrected chi connectivity index (χ3v) is 6.94. The lowest BCUT2D eigenvalue weighted by Gasteiger charge is -2.31. The number of fused-ring (bicyclic) bond motifs is 1. The van der Waals surface area contributed by atoms with Crippen molar-refractivity contribution in [1.82, 2.24) is 9.62 Å². The van der Waals surface area contributed by atoms with E-state index in [9.17, 15) is 18.0 Å². The van der Waals surface area contributed by atoms with Gasteiger partial charge in [-0.15, -0.1) is 11.8 Å². The van der Waals surface area contributed by atoms with Crippen LogP contribution in [-0.2, 0) is 19.6 Å². The predicted octanol–water partition coefficient (Wildman–Crippen LogP) is 1.03. The Morgan fingerprint density at radius 1 is 1.32 bits per heavy atom. The van der Waals surface area contributed by atoms with Crippen molar-refractivity contribution in [3.05, 3.63) is 24.3 Å². The van der Waals surface area contributed by atoms with Crippen LogP contribution in [0.2, 0.25) is 0 Å². The van der Waals surface area contributed by atoms with Gasteiger partial charge in [-0.2, -0.15) is 0 Å². The van der Waals surface area contributed by atoms with Crippen molar-refractivity contribution in [3.8, 4) is 0 Å². The lowest BCUT2D eigenvalue weighted by Crippen LogP contribution is -2.47. The number of rotatable bonds is 4. The summed E-state index contributed by atoms with van der Waals surface area (Å²) in [7, 11) is -3.17. The van der Waals surface area contributed by atoms with E-state index in [1.807, 2.05) is 24.3 Å². The molecule has 1 saturated heterocycles. The van der Waals surface area contributed by atoms with Gasteiger partial charge in [0.25, 0.3) is 0 Å². The number of piperidine rings is 1. The fourth-order valence-corrected chi connectivity index (χ4v) is 5.00. The number of carbonyl (C=O) groups is 2. The Hall–Kier alpha value is -1.58. The van der Waals surface area contributed by atoms with E-state index < -0.39 is 15.3 Å². The van der Waals surface area contributed by atoms with Crippen LogP contribution in [0.4, 0.5) is 5.69 Å². The smallest absolute Gasteiger partial charge is 0.238 e. The van der Waals surface area contributed by atoms with Gasteiger partial charge in [0, 0.05) is 30.4 Å². The Balaban J connectivity index is 1.51. The number of amides is 2. The number of nitrogens with one attached hydrogen (secondary N) is 2. The molecule has 2 heterocycles. The van der Waals surface area contributed by atoms with Crippen LogP contribution in [0.15, 0.2) is 29.2 Å². The summed E-state index contributed by atoms with van der Waals surface area (Å²) in [4.78, 5) is 25.4. The first-order valence-electron chi connectivity index (χ1n) is 8.14. The third kappa shape index (κ3) is 4.53. The molecule has 0 radical (unpaired) electrons. The summed E-state index contributed by atoms with van der Waals surface area (Å²) >= 11 is 1.40. The number of thioether (sulfide) groups is 1. The van der Waals surface area contributed by atoms with Crippen molar-refractivity contribution in [3.63, 3.8) is 0 Å². The summed E-state index contributed by atoms with van der Waals surface area (Å²) in [6.07, 6.45) is 2.48. The topological polar surface area (TPSA) is 95.6 Å². The molecule has 2 amide bonds. The fourth-order valence-electron chi connectivity index (χ4n) is 3.01. The van der Waals surface area contributed by atoms with Gasteiger partial charge in [-0.1, -0.05) is 12.1 Å². The van der Waals surface area contributed by atoms with Crippen LogP contribution < -0.4 is 10.6 Å². The van der Waals surface area contributed by atoms with E-state index in [4.69, 9.17) is 0 Å². The molecule has 7 nitrogen and oxygen atoms in total. The van der Waals surface area contributed by atoms with E-state index in [1.165, 1.54) is 22.3 Å². The monoisotopic (exact) mass is 383 g/mol. The Morgan fingerprint density at radius 3 is 2.68 bits per heavy atom. The number of hydrogen-bond donors (Lipinski definition) is 2. The highest BCUT2D eigenvalue weighted by Gasteiger charge is 2.30. The third-order valence-electron chi connectivity index (χ3n) is 4.37. The molecular weight excluding hydrogens is 362 g/mol. The number of para-hydroxylation sites is 1. The molecule has 1 aromatic rings. The first-order chi connectivity index (χ1) is 11.8. The lowest BCUT2D eigenvalue weighted by molar-refractivity contribution is -0.124. The van der Waals surface area contributed by atoms with Crippen molar-refractivity contribution < 1.29 is 18.0 Å². The predicted molar refractivity (Wildman–Crippen MR) is 96.9 cm³/mol. The molecule has 0 aromatic heterocycles. The maximum atomic E-state index is 12.3. The molecule has 136 valence electrons. The fraction of sp³-hybridized carbons (Fsp3) is 0.500. The number of anilines is 1. The van der Waals surface area contributed by atoms with Gasteiger partial charge in [-0.05, 0) is 25.0 Å². The van der Waals surface area contributed by atoms with Crippen molar-refractivity contribution in [1.29, 1.82) is 0 Å². The van der Waals surface area contributed by atoms with Crippen molar-refractivity contribution in [2.45, 2.75) is 35.4 Å². The van der Waals surface area contributed by atoms with Crippen LogP contribution in [-0.4, -0.2) is 55.2 Å². The zero-order chi connectivity index (χ0) is 18.0. The second-order valence-electron chi connectivity index (χ2n) is 6.30. The largest absolute Gasteiger partial charge is 0.353 e. The molecule has 1 fully saturated rings. The molecule has 0 bridgehead atoms. The summed E-state index contributed by atoms with van der Waals surface area (Å²) in [5.41, 5.74) is 0.780. The molecule has 2 N–H and O–H groups in total. The zero-order valence-corrected chi connectivity index (χ0v) is 15.5. The Bertz CT molecular complexity index is 773. The summed E-state index contributed by atoms with van der Waals surface area (Å²) < 4.78 is 24.4. The molecule has 2 aliphatic rings. The van der Waals surface area contributed by atoms with Gasteiger partial charge in [-0.25, -0.2) is 12.7 Å². The summed E-state index contributed by atoms with van der Waals surface area (Å²) in [6, 6.07) is 7.47. The Morgan fingerprint density at radius 2 is 2.00 bits per heavy atom. The van der Waals surface area contributed by atoms with Crippen molar-refractivity contribution in [2.24, 2.45) is 0 Å². The Kier molecular flexibility index (Phi) is 5.35. The molecule has 0 spiro atoms. The second-order valence-corrected chi connectivity index (χ2v) is 9.53. The maximum Gasteiger partial charge on any atom is 0.238 e. The molecule has 0 aliphatic carbocycles. The summed E-state index contributed by atoms with van der Waals surface area (Å²) in [5, 5.41) is 5.30. The molecule has 1 aromatic carbocycles. The van der Waals surface area contributed by atoms with E-state index in [2.05, 4.69) is 10.6 Å². The standard InChI is InChI=1S/C16H21N3O4S2/c1-25(22,23)19-8-6-11(7-9-19)17-15(20)10-14-16(21)18-12-4-2-3-5-13(12)24-14/h2-5,11,14H,6-10H2,1H3,(H,17,20)(H,18,21). The molecular formula is C16H21N3O4S2. The number of sulfonamides is 1. The Labute approximate surface area is 151 Å². The molecule has 2 aliphatic heterocycles. The van der Waals surface area contributed by atoms with Crippen LogP contribution in [0, 0.1) is 0 Å². The molecule has 1 unspecified atom stereocenters.